The lowest BCUT2D eigenvalue weighted by molar-refractivity contribution is -0.143. The van der Waals surface area contributed by atoms with Crippen molar-refractivity contribution in [2.24, 2.45) is 0 Å². The highest BCUT2D eigenvalue weighted by Gasteiger charge is 2.35. The molecule has 1 aromatic heterocycles. The summed E-state index contributed by atoms with van der Waals surface area (Å²) >= 11 is 0. The Hall–Kier alpha value is -3.94. The number of urea groups is 1. The number of esters is 1. The maximum absolute atomic E-state index is 13.6. The van der Waals surface area contributed by atoms with E-state index in [0.717, 1.165) is 5.69 Å². The molecule has 0 bridgehead atoms. The first-order chi connectivity index (χ1) is 15.3. The van der Waals surface area contributed by atoms with Gasteiger partial charge in [-0.15, -0.1) is 0 Å². The molecule has 1 atom stereocenters. The van der Waals surface area contributed by atoms with Crippen molar-refractivity contribution in [1.82, 2.24) is 20.4 Å². The second-order valence-electron chi connectivity index (χ2n) is 7.74. The van der Waals surface area contributed by atoms with Crippen LogP contribution in [0.1, 0.15) is 32.4 Å². The number of para-hydroxylation sites is 1. The van der Waals surface area contributed by atoms with Crippen molar-refractivity contribution in [3.8, 4) is 16.9 Å². The summed E-state index contributed by atoms with van der Waals surface area (Å²) in [5.41, 5.74) is 3.25. The lowest BCUT2D eigenvalue weighted by Crippen LogP contribution is -2.45. The van der Waals surface area contributed by atoms with E-state index in [0.29, 0.717) is 22.5 Å². The molecule has 2 N–H and O–H groups in total. The zero-order chi connectivity index (χ0) is 22.8. The normalized spacial score (nSPS) is 16.0. The van der Waals surface area contributed by atoms with E-state index < -0.39 is 18.0 Å². The molecule has 1 aliphatic heterocycles. The molecule has 2 amide bonds. The number of carbonyl (C=O) groups excluding carboxylic acids is 2. The molecular weight excluding hydrogens is 411 g/mol. The van der Waals surface area contributed by atoms with Crippen molar-refractivity contribution >= 4 is 12.0 Å². The quantitative estimate of drug-likeness (QED) is 0.588. The summed E-state index contributed by atoms with van der Waals surface area (Å²) in [6.07, 6.45) is 1.44. The standard InChI is InChI=1S/C24H23FN4O3/c1-14(2)32-23(30)20-15(3)26-24(31)27-22(20)19-13-29(18-7-5-4-6-8-18)28-21(19)16-9-11-17(25)12-10-16/h4-14,22H,1-3H3,(H2,26,27,31)/t22-/m0/s1. The number of amides is 2. The molecule has 164 valence electrons. The van der Waals surface area contributed by atoms with Crippen LogP contribution in [0.5, 0.6) is 0 Å². The first-order valence-electron chi connectivity index (χ1n) is 10.2. The Morgan fingerprint density at radius 1 is 1.12 bits per heavy atom. The number of hydrogen-bond donors (Lipinski definition) is 2. The highest BCUT2D eigenvalue weighted by Crippen LogP contribution is 2.35. The number of hydrogen-bond acceptors (Lipinski definition) is 4. The van der Waals surface area contributed by atoms with Crippen molar-refractivity contribution in [2.75, 3.05) is 0 Å². The van der Waals surface area contributed by atoms with Crippen molar-refractivity contribution in [1.29, 1.82) is 0 Å². The number of carbonyl (C=O) groups is 2. The molecule has 32 heavy (non-hydrogen) atoms. The molecule has 0 saturated heterocycles. The van der Waals surface area contributed by atoms with Crippen LogP contribution in [0.3, 0.4) is 0 Å². The minimum atomic E-state index is -0.799. The van der Waals surface area contributed by atoms with Gasteiger partial charge in [0, 0.05) is 23.0 Å². The van der Waals surface area contributed by atoms with Gasteiger partial charge in [-0.25, -0.2) is 18.7 Å². The number of allylic oxidation sites excluding steroid dienone is 1. The van der Waals surface area contributed by atoms with Crippen LogP contribution < -0.4 is 10.6 Å². The van der Waals surface area contributed by atoms with Gasteiger partial charge in [-0.05, 0) is 57.2 Å². The van der Waals surface area contributed by atoms with Crippen LogP contribution in [0.15, 0.2) is 72.1 Å². The summed E-state index contributed by atoms with van der Waals surface area (Å²) in [6.45, 7) is 5.17. The Morgan fingerprint density at radius 2 is 1.81 bits per heavy atom. The first-order valence-corrected chi connectivity index (χ1v) is 10.2. The fraction of sp³-hybridized carbons (Fsp3) is 0.208. The highest BCUT2D eigenvalue weighted by atomic mass is 19.1. The molecule has 0 fully saturated rings. The van der Waals surface area contributed by atoms with Gasteiger partial charge in [0.2, 0.25) is 0 Å². The second-order valence-corrected chi connectivity index (χ2v) is 7.74. The van der Waals surface area contributed by atoms with Gasteiger partial charge in [0.05, 0.1) is 29.1 Å². The summed E-state index contributed by atoms with van der Waals surface area (Å²) < 4.78 is 20.7. The molecule has 0 spiro atoms. The SMILES string of the molecule is CC1=C(C(=O)OC(C)C)[C@H](c2cn(-c3ccccc3)nc2-c2ccc(F)cc2)NC(=O)N1. The van der Waals surface area contributed by atoms with Crippen molar-refractivity contribution in [2.45, 2.75) is 32.9 Å². The van der Waals surface area contributed by atoms with Gasteiger partial charge in [0.1, 0.15) is 5.82 Å². The predicted molar refractivity (Wildman–Crippen MR) is 117 cm³/mol. The molecule has 8 heteroatoms. The van der Waals surface area contributed by atoms with Crippen LogP contribution in [0, 0.1) is 5.82 Å². The minimum Gasteiger partial charge on any atom is -0.459 e. The first kappa shape index (κ1) is 21.3. The fourth-order valence-corrected chi connectivity index (χ4v) is 3.62. The molecule has 0 unspecified atom stereocenters. The minimum absolute atomic E-state index is 0.286. The van der Waals surface area contributed by atoms with Crippen LogP contribution in [-0.4, -0.2) is 27.9 Å². The van der Waals surface area contributed by atoms with Gasteiger partial charge >= 0.3 is 12.0 Å². The number of aromatic nitrogens is 2. The van der Waals surface area contributed by atoms with Gasteiger partial charge in [0.15, 0.2) is 0 Å². The molecule has 4 rings (SSSR count). The predicted octanol–water partition coefficient (Wildman–Crippen LogP) is 4.26. The van der Waals surface area contributed by atoms with Crippen LogP contribution in [-0.2, 0) is 9.53 Å². The smallest absolute Gasteiger partial charge is 0.338 e. The van der Waals surface area contributed by atoms with E-state index in [-0.39, 0.29) is 17.5 Å². The lowest BCUT2D eigenvalue weighted by atomic mass is 9.93. The molecule has 1 aliphatic rings. The molecule has 2 heterocycles. The third kappa shape index (κ3) is 4.25. The molecular formula is C24H23FN4O3. The van der Waals surface area contributed by atoms with E-state index in [4.69, 9.17) is 9.84 Å². The van der Waals surface area contributed by atoms with E-state index >= 15 is 0 Å². The number of rotatable bonds is 5. The van der Waals surface area contributed by atoms with Gasteiger partial charge in [0.25, 0.3) is 0 Å². The molecule has 0 radical (unpaired) electrons. The van der Waals surface area contributed by atoms with Crippen LogP contribution in [0.25, 0.3) is 16.9 Å². The molecule has 3 aromatic rings. The van der Waals surface area contributed by atoms with Crippen molar-refractivity contribution < 1.29 is 18.7 Å². The van der Waals surface area contributed by atoms with Gasteiger partial charge in [-0.1, -0.05) is 18.2 Å². The number of nitrogens with one attached hydrogen (secondary N) is 2. The topological polar surface area (TPSA) is 85.2 Å². The van der Waals surface area contributed by atoms with Gasteiger partial charge < -0.3 is 15.4 Å². The van der Waals surface area contributed by atoms with E-state index in [1.54, 1.807) is 43.8 Å². The molecule has 0 saturated carbocycles. The van der Waals surface area contributed by atoms with Crippen LogP contribution in [0.4, 0.5) is 9.18 Å². The maximum Gasteiger partial charge on any atom is 0.338 e. The van der Waals surface area contributed by atoms with E-state index in [1.165, 1.54) is 12.1 Å². The Labute approximate surface area is 184 Å². The van der Waals surface area contributed by atoms with Crippen molar-refractivity contribution in [3.05, 3.63) is 83.4 Å². The number of nitrogens with zero attached hydrogens (tertiary/aromatic N) is 2. The van der Waals surface area contributed by atoms with Crippen LogP contribution >= 0.6 is 0 Å². The van der Waals surface area contributed by atoms with Gasteiger partial charge in [-0.2, -0.15) is 5.10 Å². The number of ether oxygens (including phenoxy) is 1. The lowest BCUT2D eigenvalue weighted by Gasteiger charge is -2.28. The van der Waals surface area contributed by atoms with E-state index in [1.807, 2.05) is 30.3 Å². The van der Waals surface area contributed by atoms with E-state index in [2.05, 4.69) is 10.6 Å². The summed E-state index contributed by atoms with van der Waals surface area (Å²) in [4.78, 5) is 25.3. The third-order valence-electron chi connectivity index (χ3n) is 5.02. The highest BCUT2D eigenvalue weighted by molar-refractivity contribution is 5.95. The van der Waals surface area contributed by atoms with Crippen LogP contribution in [0.2, 0.25) is 0 Å². The largest absolute Gasteiger partial charge is 0.459 e. The second kappa shape index (κ2) is 8.66. The molecule has 0 aliphatic carbocycles. The van der Waals surface area contributed by atoms with E-state index in [9.17, 15) is 14.0 Å². The fourth-order valence-electron chi connectivity index (χ4n) is 3.62. The van der Waals surface area contributed by atoms with Crippen molar-refractivity contribution in [3.63, 3.8) is 0 Å². The van der Waals surface area contributed by atoms with Gasteiger partial charge in [-0.3, -0.25) is 0 Å². The summed E-state index contributed by atoms with van der Waals surface area (Å²) in [5.74, 6) is -0.905. The third-order valence-corrected chi connectivity index (χ3v) is 5.02. The Morgan fingerprint density at radius 3 is 2.47 bits per heavy atom. The summed E-state index contributed by atoms with van der Waals surface area (Å²) in [5, 5.41) is 10.2. The number of halogens is 1. The molecule has 2 aromatic carbocycles. The number of benzene rings is 2. The molecule has 7 nitrogen and oxygen atoms in total. The average Bonchev–Trinajstić information content (AvgIpc) is 3.19. The monoisotopic (exact) mass is 434 g/mol. The Kier molecular flexibility index (Phi) is 5.77. The average molecular weight is 434 g/mol. The summed E-state index contributed by atoms with van der Waals surface area (Å²) in [6, 6.07) is 14.1. The zero-order valence-corrected chi connectivity index (χ0v) is 17.9. The Balaban J connectivity index is 1.89. The Bertz CT molecular complexity index is 1180. The zero-order valence-electron chi connectivity index (χ0n) is 17.9. The summed E-state index contributed by atoms with van der Waals surface area (Å²) in [7, 11) is 0. The maximum atomic E-state index is 13.6.